The summed E-state index contributed by atoms with van der Waals surface area (Å²) in [4.78, 5) is 20.4. The zero-order chi connectivity index (χ0) is 19.1. The van der Waals surface area contributed by atoms with Crippen molar-refractivity contribution >= 4 is 35.8 Å². The number of nitrogens with one attached hydrogen (secondary N) is 2. The third kappa shape index (κ3) is 7.49. The minimum Gasteiger partial charge on any atom is -0.505 e. The molecule has 3 N–H and O–H groups in total. The van der Waals surface area contributed by atoms with Gasteiger partial charge in [0.05, 0.1) is 6.54 Å². The Morgan fingerprint density at radius 2 is 1.96 bits per heavy atom. The molecule has 0 aliphatic carbocycles. The second-order valence-electron chi connectivity index (χ2n) is 6.67. The molecule has 1 aliphatic heterocycles. The monoisotopic (exact) mass is 493 g/mol. The van der Waals surface area contributed by atoms with Crippen LogP contribution in [0.25, 0.3) is 0 Å². The number of phenols is 1. The summed E-state index contributed by atoms with van der Waals surface area (Å²) < 4.78 is 13.4. The van der Waals surface area contributed by atoms with Gasteiger partial charge in [0.15, 0.2) is 17.5 Å². The summed E-state index contributed by atoms with van der Waals surface area (Å²) in [5.74, 6) is -0.196. The molecule has 0 spiro atoms. The van der Waals surface area contributed by atoms with Gasteiger partial charge in [-0.2, -0.15) is 0 Å². The Bertz CT molecular complexity index is 649. The van der Waals surface area contributed by atoms with Crippen LogP contribution in [0.4, 0.5) is 4.39 Å². The third-order valence-corrected chi connectivity index (χ3v) is 4.16. The van der Waals surface area contributed by atoms with Crippen molar-refractivity contribution in [2.45, 2.75) is 26.4 Å². The van der Waals surface area contributed by atoms with Gasteiger partial charge in [-0.15, -0.1) is 24.0 Å². The molecule has 9 heteroatoms. The van der Waals surface area contributed by atoms with Crippen LogP contribution in [0.2, 0.25) is 0 Å². The number of nitrogens with zero attached hydrogens (tertiary/aromatic N) is 3. The van der Waals surface area contributed by atoms with Crippen molar-refractivity contribution in [1.82, 2.24) is 20.4 Å². The van der Waals surface area contributed by atoms with E-state index in [1.807, 2.05) is 13.8 Å². The Morgan fingerprint density at radius 1 is 1.30 bits per heavy atom. The Hall–Kier alpha value is -1.62. The molecule has 27 heavy (non-hydrogen) atoms. The number of piperazine rings is 1. The lowest BCUT2D eigenvalue weighted by Crippen LogP contribution is -2.54. The SMILES string of the molecule is CN=C(NCc1ccc(O)c(F)c1)N1CCN(CC(=O)NC(C)C)CC1.I. The maximum absolute atomic E-state index is 13.4. The second kappa shape index (κ2) is 11.3. The zero-order valence-corrected chi connectivity index (χ0v) is 18.4. The number of amides is 1. The van der Waals surface area contributed by atoms with Crippen molar-refractivity contribution in [2.75, 3.05) is 39.8 Å². The number of benzene rings is 1. The van der Waals surface area contributed by atoms with Gasteiger partial charge in [-0.3, -0.25) is 14.7 Å². The van der Waals surface area contributed by atoms with Crippen LogP contribution in [0.1, 0.15) is 19.4 Å². The van der Waals surface area contributed by atoms with E-state index >= 15 is 0 Å². The Balaban J connectivity index is 0.00000364. The van der Waals surface area contributed by atoms with E-state index < -0.39 is 5.82 Å². The molecule has 0 radical (unpaired) electrons. The summed E-state index contributed by atoms with van der Waals surface area (Å²) in [5.41, 5.74) is 0.727. The second-order valence-corrected chi connectivity index (χ2v) is 6.67. The minimum atomic E-state index is -0.632. The van der Waals surface area contributed by atoms with E-state index in [9.17, 15) is 14.3 Å². The lowest BCUT2D eigenvalue weighted by atomic mass is 10.2. The first-order valence-electron chi connectivity index (χ1n) is 8.83. The van der Waals surface area contributed by atoms with Crippen molar-refractivity contribution in [3.63, 3.8) is 0 Å². The number of phenolic OH excluding ortho intramolecular Hbond substituents is 1. The van der Waals surface area contributed by atoms with E-state index in [1.165, 1.54) is 12.1 Å². The molecular weight excluding hydrogens is 464 g/mol. The number of guanidine groups is 1. The highest BCUT2D eigenvalue weighted by Crippen LogP contribution is 2.16. The molecule has 0 unspecified atom stereocenters. The standard InChI is InChI=1S/C18H28FN5O2.HI/c1-13(2)22-17(26)12-23-6-8-24(9-7-23)18(20-3)21-11-14-4-5-16(25)15(19)10-14;/h4-5,10,13,25H,6-9,11-12H2,1-3H3,(H,20,21)(H,22,26);1H. The number of carbonyl (C=O) groups excluding carboxylic acids is 1. The molecule has 152 valence electrons. The molecule has 1 heterocycles. The molecule has 1 fully saturated rings. The molecule has 7 nitrogen and oxygen atoms in total. The van der Waals surface area contributed by atoms with Gasteiger partial charge in [0.25, 0.3) is 0 Å². The third-order valence-electron chi connectivity index (χ3n) is 4.16. The number of halogens is 2. The number of rotatable bonds is 5. The average molecular weight is 493 g/mol. The molecule has 0 atom stereocenters. The Kier molecular flexibility index (Phi) is 9.78. The van der Waals surface area contributed by atoms with Crippen LogP contribution >= 0.6 is 24.0 Å². The van der Waals surface area contributed by atoms with Crippen molar-refractivity contribution in [3.8, 4) is 5.75 Å². The highest BCUT2D eigenvalue weighted by Gasteiger charge is 2.21. The van der Waals surface area contributed by atoms with E-state index in [0.717, 1.165) is 37.7 Å². The van der Waals surface area contributed by atoms with E-state index in [2.05, 4.69) is 25.4 Å². The predicted octanol–water partition coefficient (Wildman–Crippen LogP) is 1.37. The lowest BCUT2D eigenvalue weighted by molar-refractivity contribution is -0.123. The first-order valence-corrected chi connectivity index (χ1v) is 8.83. The number of hydrogen-bond donors (Lipinski definition) is 3. The summed E-state index contributed by atoms with van der Waals surface area (Å²) in [6.07, 6.45) is 0. The molecule has 1 amide bonds. The predicted molar refractivity (Wildman–Crippen MR) is 115 cm³/mol. The summed E-state index contributed by atoms with van der Waals surface area (Å²) in [6, 6.07) is 4.47. The summed E-state index contributed by atoms with van der Waals surface area (Å²) in [6.45, 7) is 7.81. The zero-order valence-electron chi connectivity index (χ0n) is 16.0. The Morgan fingerprint density at radius 3 is 2.52 bits per heavy atom. The maximum atomic E-state index is 13.4. The molecule has 1 aromatic rings. The van der Waals surface area contributed by atoms with Crippen molar-refractivity contribution in [1.29, 1.82) is 0 Å². The van der Waals surface area contributed by atoms with Crippen molar-refractivity contribution in [2.24, 2.45) is 4.99 Å². The molecule has 1 aliphatic rings. The number of hydrogen-bond acceptors (Lipinski definition) is 4. The van der Waals surface area contributed by atoms with Crippen LogP contribution < -0.4 is 10.6 Å². The summed E-state index contributed by atoms with van der Waals surface area (Å²) >= 11 is 0. The van der Waals surface area contributed by atoms with Crippen LogP contribution in [-0.2, 0) is 11.3 Å². The average Bonchev–Trinajstić information content (AvgIpc) is 2.59. The highest BCUT2D eigenvalue weighted by atomic mass is 127. The Labute approximate surface area is 177 Å². The van der Waals surface area contributed by atoms with Gasteiger partial charge in [-0.1, -0.05) is 6.07 Å². The van der Waals surface area contributed by atoms with Gasteiger partial charge in [0, 0.05) is 45.8 Å². The van der Waals surface area contributed by atoms with Gasteiger partial charge < -0.3 is 20.6 Å². The van der Waals surface area contributed by atoms with Gasteiger partial charge in [-0.25, -0.2) is 4.39 Å². The van der Waals surface area contributed by atoms with Crippen LogP contribution in [0.15, 0.2) is 23.2 Å². The highest BCUT2D eigenvalue weighted by molar-refractivity contribution is 14.0. The summed E-state index contributed by atoms with van der Waals surface area (Å²) in [7, 11) is 1.71. The van der Waals surface area contributed by atoms with Gasteiger partial charge >= 0.3 is 0 Å². The van der Waals surface area contributed by atoms with Gasteiger partial charge in [0.2, 0.25) is 5.91 Å². The molecule has 0 bridgehead atoms. The van der Waals surface area contributed by atoms with Gasteiger partial charge in [-0.05, 0) is 31.5 Å². The van der Waals surface area contributed by atoms with Crippen LogP contribution in [0.3, 0.4) is 0 Å². The van der Waals surface area contributed by atoms with Crippen molar-refractivity contribution in [3.05, 3.63) is 29.6 Å². The normalized spacial score (nSPS) is 15.4. The molecule has 0 saturated carbocycles. The lowest BCUT2D eigenvalue weighted by Gasteiger charge is -2.36. The fraction of sp³-hybridized carbons (Fsp3) is 0.556. The smallest absolute Gasteiger partial charge is 0.234 e. The fourth-order valence-corrected chi connectivity index (χ4v) is 2.86. The molecular formula is C18H29FIN5O2. The largest absolute Gasteiger partial charge is 0.505 e. The maximum Gasteiger partial charge on any atom is 0.234 e. The van der Waals surface area contributed by atoms with Gasteiger partial charge in [0.1, 0.15) is 0 Å². The van der Waals surface area contributed by atoms with Crippen molar-refractivity contribution < 1.29 is 14.3 Å². The number of carbonyl (C=O) groups is 1. The number of aliphatic imine (C=N–C) groups is 1. The first kappa shape index (κ1) is 23.4. The van der Waals surface area contributed by atoms with Crippen LogP contribution in [0.5, 0.6) is 5.75 Å². The number of aromatic hydroxyl groups is 1. The van der Waals surface area contributed by atoms with Crippen LogP contribution in [-0.4, -0.2) is 72.6 Å². The molecule has 1 saturated heterocycles. The first-order chi connectivity index (χ1) is 12.4. The molecule has 1 aromatic carbocycles. The van der Waals surface area contributed by atoms with E-state index in [1.54, 1.807) is 13.1 Å². The van der Waals surface area contributed by atoms with E-state index in [4.69, 9.17) is 0 Å². The molecule has 0 aromatic heterocycles. The topological polar surface area (TPSA) is 80.2 Å². The summed E-state index contributed by atoms with van der Waals surface area (Å²) in [5, 5.41) is 15.4. The minimum absolute atomic E-state index is 0. The fourth-order valence-electron chi connectivity index (χ4n) is 2.86. The van der Waals surface area contributed by atoms with E-state index in [-0.39, 0.29) is 41.7 Å². The quantitative estimate of drug-likeness (QED) is 0.328. The van der Waals surface area contributed by atoms with E-state index in [0.29, 0.717) is 13.1 Å². The molecule has 2 rings (SSSR count). The van der Waals surface area contributed by atoms with Crippen LogP contribution in [0, 0.1) is 5.82 Å².